The van der Waals surface area contributed by atoms with Gasteiger partial charge in [0.25, 0.3) is 5.56 Å². The molecular weight excluding hydrogens is 465 g/mol. The van der Waals surface area contributed by atoms with Gasteiger partial charge in [0.1, 0.15) is 0 Å². The summed E-state index contributed by atoms with van der Waals surface area (Å²) in [6, 6.07) is 20.8. The Bertz CT molecular complexity index is 1510. The Morgan fingerprint density at radius 3 is 2.32 bits per heavy atom. The molecule has 5 rings (SSSR count). The lowest BCUT2D eigenvalue weighted by Crippen LogP contribution is -2.21. The molecule has 0 aliphatic rings. The molecule has 0 unspecified atom stereocenters. The summed E-state index contributed by atoms with van der Waals surface area (Å²) in [7, 11) is 0. The maximum absolute atomic E-state index is 13.2. The highest BCUT2D eigenvalue weighted by Crippen LogP contribution is 2.31. The highest BCUT2D eigenvalue weighted by atomic mass is 32.2. The van der Waals surface area contributed by atoms with Gasteiger partial charge in [0.2, 0.25) is 11.7 Å². The van der Waals surface area contributed by atoms with Crippen molar-refractivity contribution in [2.24, 2.45) is 0 Å². The summed E-state index contributed by atoms with van der Waals surface area (Å²) in [5, 5.41) is 4.82. The first kappa shape index (κ1) is 21.9. The van der Waals surface area contributed by atoms with Crippen molar-refractivity contribution in [3.05, 3.63) is 101 Å². The number of para-hydroxylation sites is 2. The fourth-order valence-electron chi connectivity index (χ4n) is 3.38. The van der Waals surface area contributed by atoms with Gasteiger partial charge in [0.15, 0.2) is 5.16 Å². The summed E-state index contributed by atoms with van der Waals surface area (Å²) in [5.74, 6) is 0.642. The van der Waals surface area contributed by atoms with Crippen LogP contribution in [0.3, 0.4) is 0 Å². The van der Waals surface area contributed by atoms with Crippen LogP contribution in [0.2, 0.25) is 0 Å². The molecule has 0 aliphatic carbocycles. The average molecular weight is 480 g/mol. The Balaban J connectivity index is 1.44. The molecule has 0 fully saturated rings. The van der Waals surface area contributed by atoms with Crippen molar-refractivity contribution in [2.75, 3.05) is 0 Å². The number of nitrogens with zero attached hydrogens (tertiary/aromatic N) is 4. The van der Waals surface area contributed by atoms with Gasteiger partial charge in [-0.05, 0) is 36.4 Å². The highest BCUT2D eigenvalue weighted by Gasteiger charge is 2.30. The van der Waals surface area contributed by atoms with Crippen LogP contribution in [0.4, 0.5) is 13.2 Å². The number of hydrogen-bond acceptors (Lipinski definition) is 6. The lowest BCUT2D eigenvalue weighted by atomic mass is 10.1. The van der Waals surface area contributed by atoms with Crippen LogP contribution in [-0.4, -0.2) is 19.7 Å². The molecule has 3 aromatic carbocycles. The van der Waals surface area contributed by atoms with Gasteiger partial charge >= 0.3 is 6.18 Å². The van der Waals surface area contributed by atoms with Crippen LogP contribution in [0, 0.1) is 0 Å². The van der Waals surface area contributed by atoms with E-state index in [9.17, 15) is 18.0 Å². The number of benzene rings is 3. The predicted molar refractivity (Wildman–Crippen MR) is 122 cm³/mol. The van der Waals surface area contributed by atoms with E-state index in [2.05, 4.69) is 15.1 Å². The van der Waals surface area contributed by atoms with Gasteiger partial charge in [-0.2, -0.15) is 18.2 Å². The van der Waals surface area contributed by atoms with E-state index in [4.69, 9.17) is 4.52 Å². The van der Waals surface area contributed by atoms with Crippen molar-refractivity contribution in [1.29, 1.82) is 0 Å². The number of aromatic nitrogens is 4. The number of fused-ring (bicyclic) bond motifs is 1. The van der Waals surface area contributed by atoms with Crippen LogP contribution in [-0.2, 0) is 11.9 Å². The summed E-state index contributed by atoms with van der Waals surface area (Å²) in [6.45, 7) is 0. The summed E-state index contributed by atoms with van der Waals surface area (Å²) in [6.07, 6.45) is -4.42. The second-order valence-electron chi connectivity index (χ2n) is 7.26. The van der Waals surface area contributed by atoms with Gasteiger partial charge in [-0.15, -0.1) is 0 Å². The molecule has 0 saturated heterocycles. The maximum atomic E-state index is 13.2. The average Bonchev–Trinajstić information content (AvgIpc) is 3.32. The molecule has 2 heterocycles. The van der Waals surface area contributed by atoms with E-state index in [1.165, 1.54) is 28.5 Å². The molecule has 0 bridgehead atoms. The largest absolute Gasteiger partial charge is 0.416 e. The van der Waals surface area contributed by atoms with Gasteiger partial charge in [-0.25, -0.2) is 4.98 Å². The maximum Gasteiger partial charge on any atom is 0.416 e. The molecule has 2 aromatic heterocycles. The van der Waals surface area contributed by atoms with Crippen LogP contribution < -0.4 is 5.56 Å². The van der Waals surface area contributed by atoms with Crippen LogP contribution in [0.5, 0.6) is 0 Å². The number of rotatable bonds is 5. The third kappa shape index (κ3) is 4.32. The van der Waals surface area contributed by atoms with Crippen molar-refractivity contribution in [1.82, 2.24) is 19.7 Å². The molecule has 0 spiro atoms. The van der Waals surface area contributed by atoms with Gasteiger partial charge in [-0.3, -0.25) is 9.36 Å². The molecule has 34 heavy (non-hydrogen) atoms. The minimum Gasteiger partial charge on any atom is -0.338 e. The van der Waals surface area contributed by atoms with E-state index in [1.807, 2.05) is 36.4 Å². The lowest BCUT2D eigenvalue weighted by molar-refractivity contribution is -0.137. The fourth-order valence-corrected chi connectivity index (χ4v) is 4.23. The van der Waals surface area contributed by atoms with E-state index in [1.54, 1.807) is 18.2 Å². The Kier molecular flexibility index (Phi) is 5.66. The van der Waals surface area contributed by atoms with Crippen molar-refractivity contribution in [3.63, 3.8) is 0 Å². The fraction of sp³-hybridized carbons (Fsp3) is 0.0833. The van der Waals surface area contributed by atoms with Crippen LogP contribution in [0.25, 0.3) is 28.0 Å². The molecule has 10 heteroatoms. The molecule has 0 atom stereocenters. The molecule has 170 valence electrons. The van der Waals surface area contributed by atoms with Crippen molar-refractivity contribution in [2.45, 2.75) is 17.1 Å². The molecule has 0 saturated carbocycles. The van der Waals surface area contributed by atoms with E-state index >= 15 is 0 Å². The van der Waals surface area contributed by atoms with Gasteiger partial charge < -0.3 is 4.52 Å². The summed E-state index contributed by atoms with van der Waals surface area (Å²) >= 11 is 1.25. The zero-order valence-electron chi connectivity index (χ0n) is 17.4. The van der Waals surface area contributed by atoms with Gasteiger partial charge in [0, 0.05) is 5.56 Å². The number of thioether (sulfide) groups is 1. The van der Waals surface area contributed by atoms with Crippen LogP contribution in [0.15, 0.2) is 93.3 Å². The standard InChI is InChI=1S/C24H15F3N4O2S/c25-24(26,27)16-12-10-15(11-13-16)21-29-20(33-30-21)14-34-23-28-19-9-5-4-8-18(19)22(32)31(23)17-6-2-1-3-7-17/h1-13H,14H2. The summed E-state index contributed by atoms with van der Waals surface area (Å²) < 4.78 is 45.2. The molecular formula is C24H15F3N4O2S. The predicted octanol–water partition coefficient (Wildman–Crippen LogP) is 5.75. The molecule has 0 aliphatic heterocycles. The molecule has 6 nitrogen and oxygen atoms in total. The summed E-state index contributed by atoms with van der Waals surface area (Å²) in [4.78, 5) is 22.2. The minimum atomic E-state index is -4.42. The van der Waals surface area contributed by atoms with E-state index in [0.29, 0.717) is 27.3 Å². The Morgan fingerprint density at radius 1 is 0.882 bits per heavy atom. The first-order chi connectivity index (χ1) is 16.4. The summed E-state index contributed by atoms with van der Waals surface area (Å²) in [5.41, 5.74) is 0.687. The van der Waals surface area contributed by atoms with Crippen LogP contribution in [0.1, 0.15) is 11.5 Å². The van der Waals surface area contributed by atoms with Crippen molar-refractivity contribution >= 4 is 22.7 Å². The first-order valence-corrected chi connectivity index (χ1v) is 11.1. The zero-order chi connectivity index (χ0) is 23.7. The SMILES string of the molecule is O=c1c2ccccc2nc(SCc2nc(-c3ccc(C(F)(F)F)cc3)no2)n1-c1ccccc1. The molecule has 0 radical (unpaired) electrons. The smallest absolute Gasteiger partial charge is 0.338 e. The number of halogens is 3. The topological polar surface area (TPSA) is 73.8 Å². The normalized spacial score (nSPS) is 11.7. The lowest BCUT2D eigenvalue weighted by Gasteiger charge is -2.12. The van der Waals surface area contributed by atoms with E-state index in [0.717, 1.165) is 12.1 Å². The highest BCUT2D eigenvalue weighted by molar-refractivity contribution is 7.98. The number of alkyl halides is 3. The third-order valence-corrected chi connectivity index (χ3v) is 5.95. The van der Waals surface area contributed by atoms with Crippen molar-refractivity contribution < 1.29 is 17.7 Å². The Hall–Kier alpha value is -3.92. The van der Waals surface area contributed by atoms with E-state index < -0.39 is 11.7 Å². The first-order valence-electron chi connectivity index (χ1n) is 10.1. The van der Waals surface area contributed by atoms with Gasteiger partial charge in [0.05, 0.1) is 27.9 Å². The van der Waals surface area contributed by atoms with E-state index in [-0.39, 0.29) is 23.0 Å². The molecule has 5 aromatic rings. The zero-order valence-corrected chi connectivity index (χ0v) is 18.2. The van der Waals surface area contributed by atoms with Crippen molar-refractivity contribution in [3.8, 4) is 17.1 Å². The molecule has 0 N–H and O–H groups in total. The van der Waals surface area contributed by atoms with Crippen LogP contribution >= 0.6 is 11.8 Å². The monoisotopic (exact) mass is 480 g/mol. The second-order valence-corrected chi connectivity index (χ2v) is 8.21. The quantitative estimate of drug-likeness (QED) is 0.236. The number of hydrogen-bond donors (Lipinski definition) is 0. The Labute approximate surface area is 195 Å². The minimum absolute atomic E-state index is 0.177. The third-order valence-electron chi connectivity index (χ3n) is 5.02. The Morgan fingerprint density at radius 2 is 1.59 bits per heavy atom. The second kappa shape index (κ2) is 8.79. The molecule has 0 amide bonds. The van der Waals surface area contributed by atoms with Gasteiger partial charge in [-0.1, -0.05) is 59.4 Å².